The van der Waals surface area contributed by atoms with Gasteiger partial charge in [-0.2, -0.15) is 18.4 Å². The van der Waals surface area contributed by atoms with Gasteiger partial charge >= 0.3 is 6.18 Å². The molecule has 1 aliphatic rings. The number of thiazole rings is 1. The number of halogens is 3. The second kappa shape index (κ2) is 8.62. The SMILES string of the molecule is COCC1CN(C(=O)c2sc(C)nc2C)CCN1c1ccc(C#N)c(C(F)(F)F)c1. The molecule has 30 heavy (non-hydrogen) atoms. The fourth-order valence-corrected chi connectivity index (χ4v) is 4.52. The van der Waals surface area contributed by atoms with Crippen molar-refractivity contribution in [3.8, 4) is 6.07 Å². The molecule has 1 amide bonds. The van der Waals surface area contributed by atoms with E-state index < -0.39 is 17.3 Å². The molecular formula is C20H21F3N4O2S. The molecule has 0 spiro atoms. The molecule has 1 unspecified atom stereocenters. The molecule has 160 valence electrons. The number of anilines is 1. The summed E-state index contributed by atoms with van der Waals surface area (Å²) in [5.74, 6) is -0.130. The molecule has 0 aliphatic carbocycles. The average Bonchev–Trinajstić information content (AvgIpc) is 3.04. The first-order chi connectivity index (χ1) is 14.2. The van der Waals surface area contributed by atoms with Crippen LogP contribution in [0.4, 0.5) is 18.9 Å². The van der Waals surface area contributed by atoms with E-state index in [1.165, 1.54) is 30.6 Å². The highest BCUT2D eigenvalue weighted by Gasteiger charge is 2.36. The van der Waals surface area contributed by atoms with Crippen LogP contribution >= 0.6 is 11.3 Å². The first kappa shape index (κ1) is 22.1. The highest BCUT2D eigenvalue weighted by Crippen LogP contribution is 2.35. The van der Waals surface area contributed by atoms with Gasteiger partial charge in [-0.3, -0.25) is 4.79 Å². The lowest BCUT2D eigenvalue weighted by atomic mass is 10.0. The fraction of sp³-hybridized carbons (Fsp3) is 0.450. The van der Waals surface area contributed by atoms with E-state index in [1.807, 2.05) is 6.92 Å². The minimum atomic E-state index is -4.63. The number of nitrogens with zero attached hydrogens (tertiary/aromatic N) is 4. The largest absolute Gasteiger partial charge is 0.417 e. The van der Waals surface area contributed by atoms with Crippen LogP contribution in [0, 0.1) is 25.2 Å². The summed E-state index contributed by atoms with van der Waals surface area (Å²) in [5, 5.41) is 9.82. The van der Waals surface area contributed by atoms with E-state index in [2.05, 4.69) is 4.98 Å². The van der Waals surface area contributed by atoms with Crippen molar-refractivity contribution in [1.82, 2.24) is 9.88 Å². The maximum absolute atomic E-state index is 13.4. The number of amides is 1. The van der Waals surface area contributed by atoms with Crippen molar-refractivity contribution >= 4 is 22.9 Å². The molecule has 2 aromatic rings. The Morgan fingerprint density at radius 2 is 2.10 bits per heavy atom. The van der Waals surface area contributed by atoms with E-state index >= 15 is 0 Å². The van der Waals surface area contributed by atoms with Gasteiger partial charge in [0.05, 0.1) is 40.5 Å². The molecule has 1 atom stereocenters. The number of hydrogen-bond acceptors (Lipinski definition) is 6. The zero-order valence-electron chi connectivity index (χ0n) is 16.8. The van der Waals surface area contributed by atoms with Gasteiger partial charge in [0, 0.05) is 32.4 Å². The molecule has 0 saturated carbocycles. The summed E-state index contributed by atoms with van der Waals surface area (Å²) in [5.41, 5.74) is -0.359. The molecule has 10 heteroatoms. The lowest BCUT2D eigenvalue weighted by Crippen LogP contribution is -2.56. The maximum atomic E-state index is 13.4. The molecule has 3 rings (SSSR count). The molecule has 6 nitrogen and oxygen atoms in total. The van der Waals surface area contributed by atoms with Crippen LogP contribution in [0.25, 0.3) is 0 Å². The van der Waals surface area contributed by atoms with E-state index in [0.29, 0.717) is 35.9 Å². The van der Waals surface area contributed by atoms with Crippen molar-refractivity contribution in [2.45, 2.75) is 26.1 Å². The first-order valence-electron chi connectivity index (χ1n) is 9.26. The Hall–Kier alpha value is -2.64. The number of aryl methyl sites for hydroxylation is 2. The summed E-state index contributed by atoms with van der Waals surface area (Å²) in [6.07, 6.45) is -4.63. The number of aromatic nitrogens is 1. The highest BCUT2D eigenvalue weighted by molar-refractivity contribution is 7.13. The van der Waals surface area contributed by atoms with Crippen LogP contribution in [-0.2, 0) is 10.9 Å². The van der Waals surface area contributed by atoms with E-state index in [-0.39, 0.29) is 18.6 Å². The maximum Gasteiger partial charge on any atom is 0.417 e. The van der Waals surface area contributed by atoms with Gasteiger partial charge in [-0.15, -0.1) is 11.3 Å². The minimum Gasteiger partial charge on any atom is -0.382 e. The standard InChI is InChI=1S/C20H21F3N4O2S/c1-12-18(30-13(2)25-12)19(28)26-6-7-27(16(10-26)11-29-3)15-5-4-14(9-24)17(8-15)20(21,22)23/h4-5,8,16H,6-7,10-11H2,1-3H3. The third-order valence-electron chi connectivity index (χ3n) is 4.99. The van der Waals surface area contributed by atoms with Crippen LogP contribution in [0.15, 0.2) is 18.2 Å². The van der Waals surface area contributed by atoms with Crippen LogP contribution in [0.3, 0.4) is 0 Å². The number of benzene rings is 1. The number of alkyl halides is 3. The molecule has 1 saturated heterocycles. The minimum absolute atomic E-state index is 0.130. The molecule has 1 aliphatic heterocycles. The van der Waals surface area contributed by atoms with Crippen LogP contribution in [0.5, 0.6) is 0 Å². The Labute approximate surface area is 176 Å². The summed E-state index contributed by atoms with van der Waals surface area (Å²) in [6.45, 7) is 4.88. The van der Waals surface area contributed by atoms with Gasteiger partial charge in [-0.1, -0.05) is 0 Å². The van der Waals surface area contributed by atoms with Crippen LogP contribution in [-0.4, -0.2) is 55.2 Å². The number of ether oxygens (including phenoxy) is 1. The topological polar surface area (TPSA) is 69.5 Å². The Balaban J connectivity index is 1.87. The number of rotatable bonds is 4. The molecular weight excluding hydrogens is 417 g/mol. The Kier molecular flexibility index (Phi) is 6.33. The monoisotopic (exact) mass is 438 g/mol. The van der Waals surface area contributed by atoms with E-state index in [9.17, 15) is 18.0 Å². The molecule has 1 fully saturated rings. The molecule has 0 N–H and O–H groups in total. The molecule has 2 heterocycles. The lowest BCUT2D eigenvalue weighted by molar-refractivity contribution is -0.137. The van der Waals surface area contributed by atoms with Gasteiger partial charge in [0.1, 0.15) is 4.88 Å². The highest BCUT2D eigenvalue weighted by atomic mass is 32.1. The second-order valence-electron chi connectivity index (χ2n) is 7.04. The predicted molar refractivity (Wildman–Crippen MR) is 107 cm³/mol. The molecule has 1 aromatic heterocycles. The molecule has 1 aromatic carbocycles. The number of carbonyl (C=O) groups is 1. The van der Waals surface area contributed by atoms with Gasteiger partial charge in [0.2, 0.25) is 0 Å². The van der Waals surface area contributed by atoms with E-state index in [4.69, 9.17) is 10.00 Å². The molecule has 0 bridgehead atoms. The first-order valence-corrected chi connectivity index (χ1v) is 10.1. The number of hydrogen-bond donors (Lipinski definition) is 0. The Morgan fingerprint density at radius 1 is 1.37 bits per heavy atom. The Bertz CT molecular complexity index is 983. The van der Waals surface area contributed by atoms with Crippen molar-refractivity contribution in [2.24, 2.45) is 0 Å². The van der Waals surface area contributed by atoms with Crippen molar-refractivity contribution in [2.75, 3.05) is 38.3 Å². The average molecular weight is 438 g/mol. The summed E-state index contributed by atoms with van der Waals surface area (Å²) in [7, 11) is 1.51. The smallest absolute Gasteiger partial charge is 0.382 e. The second-order valence-corrected chi connectivity index (χ2v) is 8.24. The number of methoxy groups -OCH3 is 1. The van der Waals surface area contributed by atoms with Crippen molar-refractivity contribution < 1.29 is 22.7 Å². The van der Waals surface area contributed by atoms with Crippen LogP contribution < -0.4 is 4.90 Å². The van der Waals surface area contributed by atoms with Gasteiger partial charge in [0.25, 0.3) is 5.91 Å². The van der Waals surface area contributed by atoms with Crippen molar-refractivity contribution in [3.63, 3.8) is 0 Å². The number of carbonyl (C=O) groups excluding carboxylic acids is 1. The fourth-order valence-electron chi connectivity index (χ4n) is 3.63. The van der Waals surface area contributed by atoms with Gasteiger partial charge in [-0.25, -0.2) is 4.98 Å². The Morgan fingerprint density at radius 3 is 2.67 bits per heavy atom. The number of piperazine rings is 1. The van der Waals surface area contributed by atoms with Crippen LogP contribution in [0.2, 0.25) is 0 Å². The van der Waals surface area contributed by atoms with Crippen LogP contribution in [0.1, 0.15) is 31.5 Å². The zero-order valence-corrected chi connectivity index (χ0v) is 17.6. The third kappa shape index (κ3) is 4.42. The van der Waals surface area contributed by atoms with Crippen molar-refractivity contribution in [1.29, 1.82) is 5.26 Å². The summed E-state index contributed by atoms with van der Waals surface area (Å²) in [4.78, 5) is 21.3. The summed E-state index contributed by atoms with van der Waals surface area (Å²) < 4.78 is 45.4. The normalized spacial score (nSPS) is 17.2. The van der Waals surface area contributed by atoms with Gasteiger partial charge in [0.15, 0.2) is 0 Å². The molecule has 0 radical (unpaired) electrons. The lowest BCUT2D eigenvalue weighted by Gasteiger charge is -2.42. The zero-order chi connectivity index (χ0) is 22.1. The van der Waals surface area contributed by atoms with E-state index in [0.717, 1.165) is 11.1 Å². The summed E-state index contributed by atoms with van der Waals surface area (Å²) in [6, 6.07) is 4.96. The van der Waals surface area contributed by atoms with Gasteiger partial charge in [-0.05, 0) is 32.0 Å². The van der Waals surface area contributed by atoms with Crippen molar-refractivity contribution in [3.05, 3.63) is 44.9 Å². The third-order valence-corrected chi connectivity index (χ3v) is 6.05. The summed E-state index contributed by atoms with van der Waals surface area (Å²) >= 11 is 1.33. The van der Waals surface area contributed by atoms with E-state index in [1.54, 1.807) is 22.8 Å². The number of nitriles is 1. The quantitative estimate of drug-likeness (QED) is 0.729. The van der Waals surface area contributed by atoms with Gasteiger partial charge < -0.3 is 14.5 Å². The predicted octanol–water partition coefficient (Wildman–Crippen LogP) is 3.63.